The molecule has 0 radical (unpaired) electrons. The number of carbonyl (C=O) groups is 4. The lowest BCUT2D eigenvalue weighted by Crippen LogP contribution is -2.52. The highest BCUT2D eigenvalue weighted by atomic mass is 19.4. The molecule has 30 heavy (non-hydrogen) atoms. The normalized spacial score (nSPS) is 13.1. The van der Waals surface area contributed by atoms with Crippen LogP contribution in [0.5, 0.6) is 0 Å². The molecule has 2 amide bonds. The molecule has 0 heterocycles. The van der Waals surface area contributed by atoms with Gasteiger partial charge >= 0.3 is 18.1 Å². The summed E-state index contributed by atoms with van der Waals surface area (Å²) in [6.07, 6.45) is -5.45. The van der Waals surface area contributed by atoms with Crippen LogP contribution in [0.3, 0.4) is 0 Å². The highest BCUT2D eigenvalue weighted by Crippen LogP contribution is 2.29. The molecule has 2 atom stereocenters. The zero-order valence-corrected chi connectivity index (χ0v) is 16.5. The number of esters is 2. The van der Waals surface area contributed by atoms with Crippen molar-refractivity contribution in [1.82, 2.24) is 5.32 Å². The van der Waals surface area contributed by atoms with Crippen LogP contribution in [-0.4, -0.2) is 43.0 Å². The van der Waals surface area contributed by atoms with E-state index in [0.717, 1.165) is 24.3 Å². The summed E-state index contributed by atoms with van der Waals surface area (Å²) in [7, 11) is 0. The summed E-state index contributed by atoms with van der Waals surface area (Å²) < 4.78 is 47.5. The van der Waals surface area contributed by atoms with Gasteiger partial charge in [-0.15, -0.1) is 0 Å². The number of ether oxygens (including phenoxy) is 2. The van der Waals surface area contributed by atoms with Crippen molar-refractivity contribution < 1.29 is 41.8 Å². The van der Waals surface area contributed by atoms with E-state index < -0.39 is 53.9 Å². The number of nitrogens with one attached hydrogen (secondary N) is 1. The lowest BCUT2D eigenvalue weighted by molar-refractivity contribution is -0.157. The van der Waals surface area contributed by atoms with Crippen LogP contribution < -0.4 is 11.1 Å². The van der Waals surface area contributed by atoms with Crippen LogP contribution in [0.2, 0.25) is 0 Å². The van der Waals surface area contributed by atoms with Gasteiger partial charge in [0, 0.05) is 0 Å². The SMILES string of the molecule is CCOC(=O)C[C@H](C(=O)OCC)[C@@H](NC(=O)Cc1ccc(C(F)(F)F)cc1)C(N)=O. The molecule has 0 fully saturated rings. The van der Waals surface area contributed by atoms with Crippen LogP contribution in [0.15, 0.2) is 24.3 Å². The maximum absolute atomic E-state index is 12.6. The van der Waals surface area contributed by atoms with Crippen molar-refractivity contribution in [2.75, 3.05) is 13.2 Å². The molecular weight excluding hydrogens is 409 g/mol. The first-order chi connectivity index (χ1) is 14.0. The van der Waals surface area contributed by atoms with Gasteiger partial charge in [0.25, 0.3) is 0 Å². The molecule has 1 aromatic rings. The lowest BCUT2D eigenvalue weighted by atomic mass is 9.95. The first-order valence-corrected chi connectivity index (χ1v) is 9.06. The van der Waals surface area contributed by atoms with E-state index in [0.29, 0.717) is 0 Å². The van der Waals surface area contributed by atoms with Crippen LogP contribution >= 0.6 is 0 Å². The Hall–Kier alpha value is -3.11. The Morgan fingerprint density at radius 3 is 2.07 bits per heavy atom. The number of rotatable bonds is 10. The molecule has 8 nitrogen and oxygen atoms in total. The predicted octanol–water partition coefficient (Wildman–Crippen LogP) is 1.35. The topological polar surface area (TPSA) is 125 Å². The molecule has 0 bridgehead atoms. The molecule has 11 heteroatoms. The van der Waals surface area contributed by atoms with Crippen LogP contribution in [-0.2, 0) is 41.2 Å². The van der Waals surface area contributed by atoms with Crippen molar-refractivity contribution >= 4 is 23.8 Å². The van der Waals surface area contributed by atoms with Gasteiger partial charge in [0.1, 0.15) is 6.04 Å². The van der Waals surface area contributed by atoms with Gasteiger partial charge in [-0.25, -0.2) is 0 Å². The second-order valence-electron chi connectivity index (χ2n) is 6.19. The summed E-state index contributed by atoms with van der Waals surface area (Å²) in [6, 6.07) is 2.29. The molecule has 0 aliphatic heterocycles. The molecule has 1 aromatic carbocycles. The van der Waals surface area contributed by atoms with Gasteiger partial charge in [0.05, 0.1) is 37.5 Å². The van der Waals surface area contributed by atoms with Gasteiger partial charge in [0.2, 0.25) is 11.8 Å². The Kier molecular flexibility index (Phi) is 9.28. The number of alkyl halides is 3. The van der Waals surface area contributed by atoms with E-state index in [9.17, 15) is 32.3 Å². The first kappa shape index (κ1) is 24.9. The van der Waals surface area contributed by atoms with E-state index in [4.69, 9.17) is 15.2 Å². The minimum Gasteiger partial charge on any atom is -0.466 e. The Labute approximate surface area is 170 Å². The second-order valence-corrected chi connectivity index (χ2v) is 6.19. The standard InChI is InChI=1S/C19H23F3N2O6/c1-3-29-15(26)10-13(18(28)30-4-2)16(17(23)27)24-14(25)9-11-5-7-12(8-6-11)19(20,21)22/h5-8,13,16H,3-4,9-10H2,1-2H3,(H2,23,27)(H,24,25)/t13-,16+/m0/s1. The molecule has 3 N–H and O–H groups in total. The highest BCUT2D eigenvalue weighted by molar-refractivity contribution is 5.93. The average Bonchev–Trinajstić information content (AvgIpc) is 2.64. The largest absolute Gasteiger partial charge is 0.466 e. The molecule has 0 spiro atoms. The van der Waals surface area contributed by atoms with Gasteiger partial charge in [-0.2, -0.15) is 13.2 Å². The Morgan fingerprint density at radius 1 is 1.03 bits per heavy atom. The quantitative estimate of drug-likeness (QED) is 0.538. The van der Waals surface area contributed by atoms with E-state index in [1.54, 1.807) is 6.92 Å². The maximum atomic E-state index is 12.6. The fourth-order valence-electron chi connectivity index (χ4n) is 2.58. The monoisotopic (exact) mass is 432 g/mol. The minimum absolute atomic E-state index is 0.0376. The van der Waals surface area contributed by atoms with Crippen molar-refractivity contribution in [2.24, 2.45) is 11.7 Å². The first-order valence-electron chi connectivity index (χ1n) is 9.06. The number of primary amides is 1. The van der Waals surface area contributed by atoms with Crippen LogP contribution in [0, 0.1) is 5.92 Å². The predicted molar refractivity (Wildman–Crippen MR) is 97.6 cm³/mol. The second kappa shape index (κ2) is 11.2. The van der Waals surface area contributed by atoms with Gasteiger partial charge in [-0.1, -0.05) is 12.1 Å². The average molecular weight is 432 g/mol. The van der Waals surface area contributed by atoms with Crippen molar-refractivity contribution in [3.63, 3.8) is 0 Å². The summed E-state index contributed by atoms with van der Waals surface area (Å²) in [6.45, 7) is 3.06. The molecule has 0 unspecified atom stereocenters. The molecule has 0 saturated carbocycles. The van der Waals surface area contributed by atoms with Crippen LogP contribution in [0.4, 0.5) is 13.2 Å². The van der Waals surface area contributed by atoms with E-state index in [2.05, 4.69) is 5.32 Å². The van der Waals surface area contributed by atoms with Crippen molar-refractivity contribution in [2.45, 2.75) is 38.9 Å². The summed E-state index contributed by atoms with van der Waals surface area (Å²) in [5, 5.41) is 2.25. The smallest absolute Gasteiger partial charge is 0.416 e. The lowest BCUT2D eigenvalue weighted by Gasteiger charge is -2.23. The molecule has 0 aliphatic rings. The Balaban J connectivity index is 2.95. The maximum Gasteiger partial charge on any atom is 0.416 e. The summed E-state index contributed by atoms with van der Waals surface area (Å²) in [5.41, 5.74) is 4.65. The number of halogens is 3. The van der Waals surface area contributed by atoms with Gasteiger partial charge in [-0.05, 0) is 31.5 Å². The zero-order chi connectivity index (χ0) is 22.9. The van der Waals surface area contributed by atoms with Crippen LogP contribution in [0.1, 0.15) is 31.4 Å². The fourth-order valence-corrected chi connectivity index (χ4v) is 2.58. The van der Waals surface area contributed by atoms with Gasteiger partial charge in [0.15, 0.2) is 0 Å². The molecule has 0 aliphatic carbocycles. The van der Waals surface area contributed by atoms with Crippen LogP contribution in [0.25, 0.3) is 0 Å². The highest BCUT2D eigenvalue weighted by Gasteiger charge is 2.37. The Morgan fingerprint density at radius 2 is 1.60 bits per heavy atom. The van der Waals surface area contributed by atoms with Crippen molar-refractivity contribution in [3.05, 3.63) is 35.4 Å². The van der Waals surface area contributed by atoms with E-state index in [-0.39, 0.29) is 25.2 Å². The minimum atomic E-state index is -4.52. The van der Waals surface area contributed by atoms with Crippen molar-refractivity contribution in [1.29, 1.82) is 0 Å². The van der Waals surface area contributed by atoms with Gasteiger partial charge < -0.3 is 20.5 Å². The Bertz CT molecular complexity index is 765. The number of amides is 2. The molecule has 166 valence electrons. The van der Waals surface area contributed by atoms with E-state index in [1.165, 1.54) is 6.92 Å². The summed E-state index contributed by atoms with van der Waals surface area (Å²) in [5.74, 6) is -5.00. The molecule has 1 rings (SSSR count). The summed E-state index contributed by atoms with van der Waals surface area (Å²) in [4.78, 5) is 48.1. The van der Waals surface area contributed by atoms with Crippen molar-refractivity contribution in [3.8, 4) is 0 Å². The number of benzene rings is 1. The third-order valence-electron chi connectivity index (χ3n) is 3.95. The van der Waals surface area contributed by atoms with E-state index >= 15 is 0 Å². The molecule has 0 aromatic heterocycles. The van der Waals surface area contributed by atoms with E-state index in [1.807, 2.05) is 0 Å². The molecule has 0 saturated heterocycles. The number of carbonyl (C=O) groups excluding carboxylic acids is 4. The van der Waals surface area contributed by atoms with Gasteiger partial charge in [-0.3, -0.25) is 19.2 Å². The zero-order valence-electron chi connectivity index (χ0n) is 16.5. The summed E-state index contributed by atoms with van der Waals surface area (Å²) >= 11 is 0. The third-order valence-corrected chi connectivity index (χ3v) is 3.95. The number of hydrogen-bond acceptors (Lipinski definition) is 6. The third kappa shape index (κ3) is 7.72. The number of hydrogen-bond donors (Lipinski definition) is 2. The number of nitrogens with two attached hydrogens (primary N) is 1. The fraction of sp³-hybridized carbons (Fsp3) is 0.474. The molecular formula is C19H23F3N2O6.